The van der Waals surface area contributed by atoms with Gasteiger partial charge in [0.15, 0.2) is 11.5 Å². The minimum absolute atomic E-state index is 0.209. The van der Waals surface area contributed by atoms with E-state index in [0.29, 0.717) is 35.2 Å². The predicted molar refractivity (Wildman–Crippen MR) is 133 cm³/mol. The molecule has 0 saturated heterocycles. The molecule has 1 amide bonds. The molecule has 1 N–H and O–H groups in total. The van der Waals surface area contributed by atoms with Gasteiger partial charge in [-0.15, -0.1) is 0 Å². The van der Waals surface area contributed by atoms with E-state index in [4.69, 9.17) is 21.1 Å². The molecule has 0 spiro atoms. The van der Waals surface area contributed by atoms with Crippen molar-refractivity contribution in [3.63, 3.8) is 0 Å². The van der Waals surface area contributed by atoms with E-state index < -0.39 is 0 Å². The van der Waals surface area contributed by atoms with Crippen molar-refractivity contribution in [3.8, 4) is 22.6 Å². The Bertz CT molecular complexity index is 1080. The van der Waals surface area contributed by atoms with Crippen molar-refractivity contribution in [2.24, 2.45) is 4.40 Å². The molecule has 0 aliphatic carbocycles. The number of carbonyl (C=O) groups is 1. The molecule has 0 bridgehead atoms. The van der Waals surface area contributed by atoms with Crippen LogP contribution in [0, 0.1) is 0 Å². The van der Waals surface area contributed by atoms with Gasteiger partial charge in [-0.2, -0.15) is 0 Å². The Morgan fingerprint density at radius 3 is 2.16 bits per heavy atom. The number of nitrogens with zero attached hydrogens (tertiary/aromatic N) is 1. The predicted octanol–water partition coefficient (Wildman–Crippen LogP) is 5.45. The minimum atomic E-state index is -0.209. The average molecular weight is 469 g/mol. The molecule has 0 aliphatic rings. The monoisotopic (exact) mass is 468 g/mol. The minimum Gasteiger partial charge on any atom is -0.493 e. The Balaban J connectivity index is 1.66. The fourth-order valence-electron chi connectivity index (χ4n) is 3.22. The summed E-state index contributed by atoms with van der Waals surface area (Å²) < 4.78 is 15.0. The van der Waals surface area contributed by atoms with Gasteiger partial charge in [-0.1, -0.05) is 54.1 Å². The first-order valence-electron chi connectivity index (χ1n) is 10.0. The Morgan fingerprint density at radius 2 is 1.56 bits per heavy atom. The third kappa shape index (κ3) is 6.05. The van der Waals surface area contributed by atoms with Gasteiger partial charge in [0, 0.05) is 23.4 Å². The summed E-state index contributed by atoms with van der Waals surface area (Å²) >= 11 is 7.23. The summed E-state index contributed by atoms with van der Waals surface area (Å²) in [4.78, 5) is 12.8. The first kappa shape index (κ1) is 23.7. The van der Waals surface area contributed by atoms with Crippen molar-refractivity contribution in [2.75, 3.05) is 27.0 Å². The molecular weight excluding hydrogens is 444 g/mol. The lowest BCUT2D eigenvalue weighted by molar-refractivity contribution is -0.114. The van der Waals surface area contributed by atoms with Crippen LogP contribution in [0.4, 0.5) is 0 Å². The molecular formula is C25H25ClN2O3S. The summed E-state index contributed by atoms with van der Waals surface area (Å²) in [5.41, 5.74) is 4.30. The first-order valence-corrected chi connectivity index (χ1v) is 11.6. The van der Waals surface area contributed by atoms with Gasteiger partial charge in [0.25, 0.3) is 5.91 Å². The molecule has 7 heteroatoms. The number of nitrogens with one attached hydrogen (secondary N) is 1. The van der Waals surface area contributed by atoms with Gasteiger partial charge in [-0.25, -0.2) is 4.40 Å². The molecule has 5 nitrogen and oxygen atoms in total. The highest BCUT2D eigenvalue weighted by molar-refractivity contribution is 7.97. The van der Waals surface area contributed by atoms with Crippen LogP contribution < -0.4 is 14.8 Å². The highest BCUT2D eigenvalue weighted by atomic mass is 35.5. The van der Waals surface area contributed by atoms with Crippen molar-refractivity contribution in [3.05, 3.63) is 82.9 Å². The van der Waals surface area contributed by atoms with Crippen LogP contribution in [0.3, 0.4) is 0 Å². The number of methoxy groups -OCH3 is 2. The van der Waals surface area contributed by atoms with Crippen LogP contribution in [0.15, 0.2) is 71.1 Å². The van der Waals surface area contributed by atoms with E-state index in [1.165, 1.54) is 11.9 Å². The molecule has 0 radical (unpaired) electrons. The van der Waals surface area contributed by atoms with Crippen molar-refractivity contribution in [2.45, 2.75) is 6.42 Å². The molecule has 0 aromatic heterocycles. The van der Waals surface area contributed by atoms with Crippen LogP contribution in [-0.4, -0.2) is 38.6 Å². The number of halogens is 1. The summed E-state index contributed by atoms with van der Waals surface area (Å²) in [5.74, 6) is 1.14. The largest absolute Gasteiger partial charge is 0.493 e. The second kappa shape index (κ2) is 11.6. The fraction of sp³-hybridized carbons (Fsp3) is 0.200. The summed E-state index contributed by atoms with van der Waals surface area (Å²) in [7, 11) is 3.21. The molecule has 32 heavy (non-hydrogen) atoms. The second-order valence-electron chi connectivity index (χ2n) is 6.90. The number of carbonyl (C=O) groups excluding carboxylic acids is 1. The Hall–Kier alpha value is -2.96. The molecule has 3 aromatic rings. The zero-order valence-electron chi connectivity index (χ0n) is 18.2. The van der Waals surface area contributed by atoms with E-state index in [1.54, 1.807) is 14.2 Å². The summed E-state index contributed by atoms with van der Waals surface area (Å²) in [6.45, 7) is 0.477. The van der Waals surface area contributed by atoms with Crippen LogP contribution in [0.2, 0.25) is 5.02 Å². The second-order valence-corrected chi connectivity index (χ2v) is 7.89. The van der Waals surface area contributed by atoms with Crippen LogP contribution in [0.1, 0.15) is 11.1 Å². The highest BCUT2D eigenvalue weighted by Gasteiger charge is 2.14. The number of rotatable bonds is 9. The zero-order valence-corrected chi connectivity index (χ0v) is 19.8. The topological polar surface area (TPSA) is 59.9 Å². The maximum absolute atomic E-state index is 12.8. The molecule has 3 aromatic carbocycles. The Morgan fingerprint density at radius 1 is 0.938 bits per heavy atom. The van der Waals surface area contributed by atoms with Gasteiger partial charge in [0.1, 0.15) is 5.71 Å². The van der Waals surface area contributed by atoms with Gasteiger partial charge in [-0.05, 0) is 59.3 Å². The molecule has 166 valence electrons. The van der Waals surface area contributed by atoms with Crippen LogP contribution in [0.5, 0.6) is 11.5 Å². The molecule has 0 aliphatic heterocycles. The molecule has 3 rings (SSSR count). The third-order valence-corrected chi connectivity index (χ3v) is 5.50. The summed E-state index contributed by atoms with van der Waals surface area (Å²) in [6.07, 6.45) is 2.49. The zero-order chi connectivity index (χ0) is 22.9. The lowest BCUT2D eigenvalue weighted by Crippen LogP contribution is -2.33. The Labute approximate surface area is 197 Å². The van der Waals surface area contributed by atoms with Gasteiger partial charge in [0.2, 0.25) is 0 Å². The van der Waals surface area contributed by atoms with Crippen molar-refractivity contribution >= 4 is 35.2 Å². The van der Waals surface area contributed by atoms with Crippen molar-refractivity contribution < 1.29 is 14.3 Å². The number of ether oxygens (including phenoxy) is 2. The van der Waals surface area contributed by atoms with Crippen LogP contribution in [0.25, 0.3) is 11.1 Å². The summed E-state index contributed by atoms with van der Waals surface area (Å²) in [6, 6.07) is 21.2. The van der Waals surface area contributed by atoms with Crippen molar-refractivity contribution in [1.29, 1.82) is 0 Å². The van der Waals surface area contributed by atoms with E-state index in [2.05, 4.69) is 9.71 Å². The average Bonchev–Trinajstić information content (AvgIpc) is 2.83. The van der Waals surface area contributed by atoms with Crippen molar-refractivity contribution in [1.82, 2.24) is 5.32 Å². The lowest BCUT2D eigenvalue weighted by Gasteiger charge is -2.11. The maximum Gasteiger partial charge on any atom is 0.271 e. The first-order chi connectivity index (χ1) is 15.5. The van der Waals surface area contributed by atoms with Gasteiger partial charge in [0.05, 0.1) is 14.2 Å². The third-order valence-electron chi connectivity index (χ3n) is 4.88. The van der Waals surface area contributed by atoms with E-state index >= 15 is 0 Å². The number of hydrogen-bond donors (Lipinski definition) is 1. The van der Waals surface area contributed by atoms with E-state index in [-0.39, 0.29) is 5.91 Å². The van der Waals surface area contributed by atoms with Gasteiger partial charge >= 0.3 is 0 Å². The number of amides is 1. The normalized spacial score (nSPS) is 11.2. The number of benzene rings is 3. The SMILES string of the molecule is COc1ccc(CCNC(=O)/C(=N\SC)c2ccc(-c3ccc(Cl)cc3)cc2)cc1OC. The van der Waals surface area contributed by atoms with Gasteiger partial charge < -0.3 is 14.8 Å². The van der Waals surface area contributed by atoms with E-state index in [0.717, 1.165) is 22.3 Å². The fourth-order valence-corrected chi connectivity index (χ4v) is 3.72. The molecule has 0 fully saturated rings. The number of hydrogen-bond acceptors (Lipinski definition) is 5. The molecule has 0 unspecified atom stereocenters. The van der Waals surface area contributed by atoms with E-state index in [1.807, 2.05) is 73.0 Å². The lowest BCUT2D eigenvalue weighted by atomic mass is 10.0. The van der Waals surface area contributed by atoms with Crippen LogP contribution in [-0.2, 0) is 11.2 Å². The van der Waals surface area contributed by atoms with Crippen LogP contribution >= 0.6 is 23.5 Å². The quantitative estimate of drug-likeness (QED) is 0.335. The standard InChI is InChI=1S/C25H25ClN2O3S/c1-30-22-13-4-17(16-23(22)31-2)14-15-27-25(29)24(28-32-3)20-7-5-18(6-8-20)19-9-11-21(26)12-10-19/h4-13,16H,14-15H2,1-3H3,(H,27,29)/b28-24-. The van der Waals surface area contributed by atoms with Gasteiger partial charge in [-0.3, -0.25) is 4.79 Å². The summed E-state index contributed by atoms with van der Waals surface area (Å²) in [5, 5.41) is 3.66. The highest BCUT2D eigenvalue weighted by Crippen LogP contribution is 2.27. The Kier molecular flexibility index (Phi) is 8.59. The molecule has 0 atom stereocenters. The maximum atomic E-state index is 12.8. The smallest absolute Gasteiger partial charge is 0.271 e. The molecule has 0 saturated carbocycles. The molecule has 0 heterocycles. The van der Waals surface area contributed by atoms with E-state index in [9.17, 15) is 4.79 Å².